The lowest BCUT2D eigenvalue weighted by molar-refractivity contribution is 0.0947. The highest BCUT2D eigenvalue weighted by atomic mass is 32.1. The molecule has 2 aromatic heterocycles. The van der Waals surface area contributed by atoms with Gasteiger partial charge in [-0.2, -0.15) is 0 Å². The lowest BCUT2D eigenvalue weighted by atomic mass is 9.94. The molecule has 0 N–H and O–H groups in total. The van der Waals surface area contributed by atoms with Crippen LogP contribution in [0.4, 0.5) is 10.1 Å². The highest BCUT2D eigenvalue weighted by Gasteiger charge is 2.31. The summed E-state index contributed by atoms with van der Waals surface area (Å²) in [7, 11) is 0. The molecular formula is C21H19FN2O3S. The Balaban J connectivity index is 1.74. The molecule has 1 amide bonds. The van der Waals surface area contributed by atoms with E-state index in [9.17, 15) is 14.0 Å². The number of fused-ring (bicyclic) bond motifs is 1. The first-order valence-electron chi connectivity index (χ1n) is 9.08. The van der Waals surface area contributed by atoms with Gasteiger partial charge in [0.1, 0.15) is 11.6 Å². The summed E-state index contributed by atoms with van der Waals surface area (Å²) in [6.45, 7) is 3.87. The number of hydrogen-bond donors (Lipinski definition) is 0. The van der Waals surface area contributed by atoms with Crippen molar-refractivity contribution in [3.63, 3.8) is 0 Å². The standard InChI is InChI=1S/C21H19FN2O3S/c1-12-19-17(25)4-3-5-18(19)27-20(12)21(26)24(10-15-11-28-13(2)23-15)16-8-6-14(22)7-9-16/h6-9,11H,3-5,10H2,1-2H3. The molecule has 0 saturated carbocycles. The van der Waals surface area contributed by atoms with Crippen LogP contribution in [0.5, 0.6) is 0 Å². The summed E-state index contributed by atoms with van der Waals surface area (Å²) in [4.78, 5) is 31.6. The Bertz CT molecular complexity index is 1050. The molecule has 4 rings (SSSR count). The molecule has 0 spiro atoms. The zero-order valence-electron chi connectivity index (χ0n) is 15.6. The second-order valence-electron chi connectivity index (χ2n) is 6.86. The van der Waals surface area contributed by atoms with Crippen molar-refractivity contribution < 1.29 is 18.4 Å². The fourth-order valence-corrected chi connectivity index (χ4v) is 4.12. The second-order valence-corrected chi connectivity index (χ2v) is 7.92. The van der Waals surface area contributed by atoms with Crippen LogP contribution in [0.25, 0.3) is 0 Å². The summed E-state index contributed by atoms with van der Waals surface area (Å²) in [6.07, 6.45) is 1.85. The molecule has 3 aromatic rings. The third-order valence-corrected chi connectivity index (χ3v) is 5.69. The van der Waals surface area contributed by atoms with Crippen LogP contribution >= 0.6 is 11.3 Å². The average molecular weight is 398 g/mol. The van der Waals surface area contributed by atoms with Crippen molar-refractivity contribution in [3.8, 4) is 0 Å². The first-order chi connectivity index (χ1) is 13.4. The number of aromatic nitrogens is 1. The summed E-state index contributed by atoms with van der Waals surface area (Å²) >= 11 is 1.50. The molecule has 1 aliphatic carbocycles. The molecule has 0 bridgehead atoms. The maximum Gasteiger partial charge on any atom is 0.294 e. The lowest BCUT2D eigenvalue weighted by Gasteiger charge is -2.21. The quantitative estimate of drug-likeness (QED) is 0.630. The summed E-state index contributed by atoms with van der Waals surface area (Å²) in [5, 5.41) is 2.79. The van der Waals surface area contributed by atoms with Crippen molar-refractivity contribution in [3.05, 3.63) is 68.8 Å². The van der Waals surface area contributed by atoms with Crippen molar-refractivity contribution in [1.82, 2.24) is 4.98 Å². The molecule has 0 atom stereocenters. The number of ketones is 1. The largest absolute Gasteiger partial charge is 0.455 e. The van der Waals surface area contributed by atoms with E-state index in [1.165, 1.54) is 28.4 Å². The highest BCUT2D eigenvalue weighted by Crippen LogP contribution is 2.31. The maximum absolute atomic E-state index is 13.4. The molecule has 2 heterocycles. The van der Waals surface area contributed by atoms with Crippen LogP contribution in [0.2, 0.25) is 0 Å². The van der Waals surface area contributed by atoms with E-state index in [0.29, 0.717) is 35.4 Å². The van der Waals surface area contributed by atoms with Gasteiger partial charge in [-0.3, -0.25) is 14.5 Å². The van der Waals surface area contributed by atoms with Crippen LogP contribution in [-0.2, 0) is 13.0 Å². The van der Waals surface area contributed by atoms with Gasteiger partial charge in [0.2, 0.25) is 0 Å². The average Bonchev–Trinajstić information content (AvgIpc) is 3.24. The number of carbonyl (C=O) groups excluding carboxylic acids is 2. The zero-order chi connectivity index (χ0) is 19.8. The van der Waals surface area contributed by atoms with Gasteiger partial charge < -0.3 is 4.42 Å². The van der Waals surface area contributed by atoms with Gasteiger partial charge in [0, 0.05) is 29.5 Å². The van der Waals surface area contributed by atoms with E-state index in [1.807, 2.05) is 12.3 Å². The predicted molar refractivity (Wildman–Crippen MR) is 104 cm³/mol. The summed E-state index contributed by atoms with van der Waals surface area (Å²) < 4.78 is 19.2. The maximum atomic E-state index is 13.4. The number of halogens is 1. The number of Topliss-reactive ketones (excluding diaryl/α,β-unsaturated/α-hetero) is 1. The van der Waals surface area contributed by atoms with Gasteiger partial charge in [-0.15, -0.1) is 11.3 Å². The molecule has 0 radical (unpaired) electrons. The van der Waals surface area contributed by atoms with Gasteiger partial charge >= 0.3 is 0 Å². The van der Waals surface area contributed by atoms with Gasteiger partial charge in [0.25, 0.3) is 5.91 Å². The van der Waals surface area contributed by atoms with E-state index in [1.54, 1.807) is 19.1 Å². The number of hydrogen-bond acceptors (Lipinski definition) is 5. The van der Waals surface area contributed by atoms with Crippen LogP contribution in [0.3, 0.4) is 0 Å². The molecule has 0 aliphatic heterocycles. The normalized spacial score (nSPS) is 13.5. The molecule has 1 aromatic carbocycles. The van der Waals surface area contributed by atoms with Crippen LogP contribution in [0, 0.1) is 19.7 Å². The van der Waals surface area contributed by atoms with Gasteiger partial charge in [0.05, 0.1) is 22.8 Å². The third kappa shape index (κ3) is 3.38. The van der Waals surface area contributed by atoms with Gasteiger partial charge in [-0.1, -0.05) is 0 Å². The second kappa shape index (κ2) is 7.31. The van der Waals surface area contributed by atoms with Crippen molar-refractivity contribution in [2.24, 2.45) is 0 Å². The van der Waals surface area contributed by atoms with E-state index in [-0.39, 0.29) is 29.8 Å². The highest BCUT2D eigenvalue weighted by molar-refractivity contribution is 7.09. The Labute approximate surface area is 165 Å². The Hall–Kier alpha value is -2.80. The SMILES string of the molecule is Cc1nc(CN(C(=O)c2oc3c(c2C)C(=O)CCC3)c2ccc(F)cc2)cs1. The van der Waals surface area contributed by atoms with E-state index < -0.39 is 0 Å². The van der Waals surface area contributed by atoms with Crippen molar-refractivity contribution in [1.29, 1.82) is 0 Å². The molecule has 0 saturated heterocycles. The Kier molecular flexibility index (Phi) is 4.85. The van der Waals surface area contributed by atoms with E-state index in [2.05, 4.69) is 4.98 Å². The predicted octanol–water partition coefficient (Wildman–Crippen LogP) is 4.86. The number of aryl methyl sites for hydroxylation is 2. The minimum Gasteiger partial charge on any atom is -0.455 e. The van der Waals surface area contributed by atoms with E-state index in [0.717, 1.165) is 17.1 Å². The first-order valence-corrected chi connectivity index (χ1v) is 9.96. The number of thiazole rings is 1. The number of furan rings is 1. The first kappa shape index (κ1) is 18.6. The number of benzene rings is 1. The van der Waals surface area contributed by atoms with Crippen LogP contribution in [0.1, 0.15) is 55.8 Å². The van der Waals surface area contributed by atoms with Crippen LogP contribution in [0.15, 0.2) is 34.1 Å². The summed E-state index contributed by atoms with van der Waals surface area (Å²) in [5.41, 5.74) is 2.40. The molecule has 144 valence electrons. The van der Waals surface area contributed by atoms with Crippen LogP contribution < -0.4 is 4.90 Å². The number of nitrogens with zero attached hydrogens (tertiary/aromatic N) is 2. The fraction of sp³-hybridized carbons (Fsp3) is 0.286. The Morgan fingerprint density at radius 3 is 2.64 bits per heavy atom. The topological polar surface area (TPSA) is 63.4 Å². The van der Waals surface area contributed by atoms with E-state index in [4.69, 9.17) is 4.42 Å². The number of anilines is 1. The summed E-state index contributed by atoms with van der Waals surface area (Å²) in [6, 6.07) is 5.72. The molecule has 0 fully saturated rings. The molecule has 1 aliphatic rings. The molecule has 0 unspecified atom stereocenters. The number of carbonyl (C=O) groups is 2. The zero-order valence-corrected chi connectivity index (χ0v) is 16.4. The van der Waals surface area contributed by atoms with Gasteiger partial charge in [0.15, 0.2) is 11.5 Å². The number of rotatable bonds is 4. The lowest BCUT2D eigenvalue weighted by Crippen LogP contribution is -2.30. The molecular weight excluding hydrogens is 379 g/mol. The Morgan fingerprint density at radius 1 is 1.25 bits per heavy atom. The van der Waals surface area contributed by atoms with Gasteiger partial charge in [-0.25, -0.2) is 9.37 Å². The van der Waals surface area contributed by atoms with Crippen molar-refractivity contribution in [2.75, 3.05) is 4.90 Å². The van der Waals surface area contributed by atoms with Crippen molar-refractivity contribution >= 4 is 28.7 Å². The van der Waals surface area contributed by atoms with E-state index >= 15 is 0 Å². The van der Waals surface area contributed by atoms with Gasteiger partial charge in [-0.05, 0) is 44.5 Å². The minimum absolute atomic E-state index is 0.0185. The molecule has 28 heavy (non-hydrogen) atoms. The summed E-state index contributed by atoms with van der Waals surface area (Å²) in [5.74, 6) is 0.0232. The third-order valence-electron chi connectivity index (χ3n) is 4.87. The molecule has 7 heteroatoms. The van der Waals surface area contributed by atoms with Crippen molar-refractivity contribution in [2.45, 2.75) is 39.7 Å². The molecule has 5 nitrogen and oxygen atoms in total. The Morgan fingerprint density at radius 2 is 2.00 bits per heavy atom. The fourth-order valence-electron chi connectivity index (χ4n) is 3.52. The number of amides is 1. The monoisotopic (exact) mass is 398 g/mol. The van der Waals surface area contributed by atoms with Crippen LogP contribution in [-0.4, -0.2) is 16.7 Å². The minimum atomic E-state index is -0.379. The smallest absolute Gasteiger partial charge is 0.294 e.